The zero-order chi connectivity index (χ0) is 12.7. The van der Waals surface area contributed by atoms with Crippen LogP contribution in [0.1, 0.15) is 67.6 Å². The highest BCUT2D eigenvalue weighted by atomic mass is 16.5. The predicted octanol–water partition coefficient (Wildman–Crippen LogP) is 4.07. The second-order valence-electron chi connectivity index (χ2n) is 5.72. The third-order valence-electron chi connectivity index (χ3n) is 4.47. The molecule has 1 aliphatic heterocycles. The number of hydrogen-bond donors (Lipinski definition) is 0. The topological polar surface area (TPSA) is 26.3 Å². The molecular weight excluding hydrogens is 224 g/mol. The van der Waals surface area contributed by atoms with Crippen LogP contribution in [0.25, 0.3) is 0 Å². The van der Waals surface area contributed by atoms with E-state index in [4.69, 9.17) is 4.74 Å². The van der Waals surface area contributed by atoms with Gasteiger partial charge in [0.05, 0.1) is 5.92 Å². The summed E-state index contributed by atoms with van der Waals surface area (Å²) in [6.45, 7) is 4.09. The molecule has 3 rings (SSSR count). The molecule has 1 aromatic rings. The molecule has 1 unspecified atom stereocenters. The van der Waals surface area contributed by atoms with Crippen molar-refractivity contribution in [3.05, 3.63) is 28.8 Å². The van der Waals surface area contributed by atoms with E-state index < -0.39 is 0 Å². The summed E-state index contributed by atoms with van der Waals surface area (Å²) in [6.07, 6.45) is 6.59. The summed E-state index contributed by atoms with van der Waals surface area (Å²) in [5, 5.41) is 0. The molecule has 1 aromatic carbocycles. The van der Waals surface area contributed by atoms with Crippen LogP contribution in [0.4, 0.5) is 0 Å². The molecule has 2 nitrogen and oxygen atoms in total. The number of aryl methyl sites for hydroxylation is 1. The first-order valence-corrected chi connectivity index (χ1v) is 7.03. The van der Waals surface area contributed by atoms with E-state index in [1.54, 1.807) is 0 Å². The van der Waals surface area contributed by atoms with Crippen LogP contribution in [0, 0.1) is 6.92 Å². The minimum Gasteiger partial charge on any atom is -0.426 e. The van der Waals surface area contributed by atoms with Gasteiger partial charge in [0.15, 0.2) is 0 Å². The van der Waals surface area contributed by atoms with E-state index in [1.165, 1.54) is 43.2 Å². The lowest BCUT2D eigenvalue weighted by atomic mass is 9.81. The van der Waals surface area contributed by atoms with E-state index in [0.29, 0.717) is 5.92 Å². The maximum absolute atomic E-state index is 11.6. The van der Waals surface area contributed by atoms with Gasteiger partial charge in [-0.05, 0) is 49.8 Å². The Balaban J connectivity index is 1.97. The van der Waals surface area contributed by atoms with Crippen molar-refractivity contribution in [3.8, 4) is 5.75 Å². The van der Waals surface area contributed by atoms with Gasteiger partial charge in [-0.3, -0.25) is 4.79 Å². The van der Waals surface area contributed by atoms with Crippen LogP contribution in [-0.2, 0) is 4.79 Å². The van der Waals surface area contributed by atoms with Crippen molar-refractivity contribution in [1.29, 1.82) is 0 Å². The molecule has 1 aliphatic carbocycles. The van der Waals surface area contributed by atoms with Crippen LogP contribution < -0.4 is 4.74 Å². The quantitative estimate of drug-likeness (QED) is 0.550. The fraction of sp³-hybridized carbons (Fsp3) is 0.562. The number of hydrogen-bond acceptors (Lipinski definition) is 2. The van der Waals surface area contributed by atoms with E-state index in [1.807, 2.05) is 6.92 Å². The van der Waals surface area contributed by atoms with Crippen LogP contribution >= 0.6 is 0 Å². The second-order valence-corrected chi connectivity index (χ2v) is 5.72. The molecule has 2 aliphatic rings. The summed E-state index contributed by atoms with van der Waals surface area (Å²) in [5.41, 5.74) is 3.79. The highest BCUT2D eigenvalue weighted by Crippen LogP contribution is 2.41. The highest BCUT2D eigenvalue weighted by Gasteiger charge is 2.31. The number of carbonyl (C=O) groups is 1. The Morgan fingerprint density at radius 1 is 1.11 bits per heavy atom. The Kier molecular flexibility index (Phi) is 2.89. The number of esters is 1. The molecule has 0 bridgehead atoms. The molecule has 18 heavy (non-hydrogen) atoms. The van der Waals surface area contributed by atoms with Crippen LogP contribution in [0.2, 0.25) is 0 Å². The molecule has 2 heteroatoms. The molecule has 1 saturated carbocycles. The summed E-state index contributed by atoms with van der Waals surface area (Å²) >= 11 is 0. The van der Waals surface area contributed by atoms with Gasteiger partial charge in [0.1, 0.15) is 5.75 Å². The maximum atomic E-state index is 11.6. The average Bonchev–Trinajstić information content (AvgIpc) is 2.66. The van der Waals surface area contributed by atoms with Gasteiger partial charge >= 0.3 is 5.97 Å². The Hall–Kier alpha value is -1.31. The van der Waals surface area contributed by atoms with Crippen molar-refractivity contribution in [2.24, 2.45) is 0 Å². The van der Waals surface area contributed by atoms with Gasteiger partial charge < -0.3 is 4.74 Å². The first kappa shape index (κ1) is 11.8. The molecule has 96 valence electrons. The molecule has 1 fully saturated rings. The van der Waals surface area contributed by atoms with Crippen LogP contribution in [0.3, 0.4) is 0 Å². The van der Waals surface area contributed by atoms with Crippen molar-refractivity contribution in [1.82, 2.24) is 0 Å². The summed E-state index contributed by atoms with van der Waals surface area (Å²) in [7, 11) is 0. The minimum atomic E-state index is -0.106. The molecule has 0 aromatic heterocycles. The molecule has 0 N–H and O–H groups in total. The minimum absolute atomic E-state index is 0.0981. The number of benzene rings is 1. The molecule has 1 heterocycles. The third kappa shape index (κ3) is 1.84. The third-order valence-corrected chi connectivity index (χ3v) is 4.47. The standard InChI is InChI=1S/C16H20O2/c1-10-8-14-11(2)16(17)18-15(14)9-13(10)12-6-4-3-5-7-12/h8-9,11-12H,3-7H2,1-2H3. The zero-order valence-electron chi connectivity index (χ0n) is 11.2. The van der Waals surface area contributed by atoms with Gasteiger partial charge in [0.25, 0.3) is 0 Å². The average molecular weight is 244 g/mol. The molecule has 0 spiro atoms. The van der Waals surface area contributed by atoms with Gasteiger partial charge in [0, 0.05) is 5.56 Å². The Labute approximate surface area is 108 Å². The molecule has 0 radical (unpaired) electrons. The molecule has 0 saturated heterocycles. The fourth-order valence-corrected chi connectivity index (χ4v) is 3.33. The zero-order valence-corrected chi connectivity index (χ0v) is 11.2. The fourth-order valence-electron chi connectivity index (χ4n) is 3.33. The van der Waals surface area contributed by atoms with E-state index in [0.717, 1.165) is 11.3 Å². The second kappa shape index (κ2) is 4.42. The van der Waals surface area contributed by atoms with Crippen LogP contribution in [0.5, 0.6) is 5.75 Å². The number of ether oxygens (including phenoxy) is 1. The van der Waals surface area contributed by atoms with Gasteiger partial charge in [0.2, 0.25) is 0 Å². The van der Waals surface area contributed by atoms with Gasteiger partial charge in [-0.1, -0.05) is 25.3 Å². The van der Waals surface area contributed by atoms with Crippen molar-refractivity contribution in [2.45, 2.75) is 57.8 Å². The lowest BCUT2D eigenvalue weighted by Gasteiger charge is -2.24. The lowest BCUT2D eigenvalue weighted by Crippen LogP contribution is -2.06. The number of carbonyl (C=O) groups excluding carboxylic acids is 1. The van der Waals surface area contributed by atoms with Crippen LogP contribution in [0.15, 0.2) is 12.1 Å². The summed E-state index contributed by atoms with van der Waals surface area (Å²) in [5.74, 6) is 1.27. The summed E-state index contributed by atoms with van der Waals surface area (Å²) < 4.78 is 5.37. The van der Waals surface area contributed by atoms with Crippen LogP contribution in [-0.4, -0.2) is 5.97 Å². The Morgan fingerprint density at radius 2 is 1.83 bits per heavy atom. The predicted molar refractivity (Wildman–Crippen MR) is 71.1 cm³/mol. The largest absolute Gasteiger partial charge is 0.426 e. The summed E-state index contributed by atoms with van der Waals surface area (Å²) in [6, 6.07) is 4.29. The highest BCUT2D eigenvalue weighted by molar-refractivity contribution is 5.85. The molecule has 1 atom stereocenters. The van der Waals surface area contributed by atoms with E-state index in [2.05, 4.69) is 19.1 Å². The van der Waals surface area contributed by atoms with Gasteiger partial charge in [-0.25, -0.2) is 0 Å². The van der Waals surface area contributed by atoms with E-state index >= 15 is 0 Å². The Bertz CT molecular complexity index is 484. The molecule has 0 amide bonds. The van der Waals surface area contributed by atoms with Crippen molar-refractivity contribution in [3.63, 3.8) is 0 Å². The smallest absolute Gasteiger partial charge is 0.318 e. The lowest BCUT2D eigenvalue weighted by molar-refractivity contribution is -0.133. The summed E-state index contributed by atoms with van der Waals surface area (Å²) in [4.78, 5) is 11.6. The van der Waals surface area contributed by atoms with Crippen molar-refractivity contribution in [2.75, 3.05) is 0 Å². The molecular formula is C16H20O2. The van der Waals surface area contributed by atoms with Gasteiger partial charge in [-0.2, -0.15) is 0 Å². The SMILES string of the molecule is Cc1cc2c(cc1C1CCCCC1)OC(=O)C2C. The van der Waals surface area contributed by atoms with Crippen molar-refractivity contribution >= 4 is 5.97 Å². The normalized spacial score (nSPS) is 23.9. The first-order valence-electron chi connectivity index (χ1n) is 7.03. The number of rotatable bonds is 1. The number of fused-ring (bicyclic) bond motifs is 1. The maximum Gasteiger partial charge on any atom is 0.318 e. The van der Waals surface area contributed by atoms with Crippen molar-refractivity contribution < 1.29 is 9.53 Å². The van der Waals surface area contributed by atoms with Gasteiger partial charge in [-0.15, -0.1) is 0 Å². The van der Waals surface area contributed by atoms with E-state index in [-0.39, 0.29) is 11.9 Å². The first-order chi connectivity index (χ1) is 8.66. The Morgan fingerprint density at radius 3 is 2.56 bits per heavy atom. The van der Waals surface area contributed by atoms with E-state index in [9.17, 15) is 4.79 Å². The monoisotopic (exact) mass is 244 g/mol.